The fourth-order valence-corrected chi connectivity index (χ4v) is 4.15. The quantitative estimate of drug-likeness (QED) is 0.264. The maximum Gasteiger partial charge on any atom is 0.226 e. The summed E-state index contributed by atoms with van der Waals surface area (Å²) in [5.41, 5.74) is 3.82. The van der Waals surface area contributed by atoms with E-state index in [1.165, 1.54) is 11.8 Å². The highest BCUT2D eigenvalue weighted by Crippen LogP contribution is 2.13. The third-order valence-corrected chi connectivity index (χ3v) is 6.18. The summed E-state index contributed by atoms with van der Waals surface area (Å²) in [6.45, 7) is 6.21. The van der Waals surface area contributed by atoms with Crippen LogP contribution in [0.1, 0.15) is 47.8 Å². The Balaban J connectivity index is 1.60. The zero-order valence-corrected chi connectivity index (χ0v) is 22.4. The smallest absolute Gasteiger partial charge is 0.226 e. The number of rotatable bonds is 13. The maximum absolute atomic E-state index is 13.8. The number of carbonyl (C=O) groups is 2. The lowest BCUT2D eigenvalue weighted by Crippen LogP contribution is -2.48. The summed E-state index contributed by atoms with van der Waals surface area (Å²) < 4.78 is 27.6. The predicted molar refractivity (Wildman–Crippen MR) is 145 cm³/mol. The average Bonchev–Trinajstić information content (AvgIpc) is 2.88. The summed E-state index contributed by atoms with van der Waals surface area (Å²) >= 11 is 0. The topological polar surface area (TPSA) is 116 Å². The molecule has 1 heterocycles. The number of hydrogen-bond donors (Lipinski definition) is 4. The number of aryl methyl sites for hydroxylation is 3. The van der Waals surface area contributed by atoms with Crippen LogP contribution in [0, 0.1) is 25.5 Å². The van der Waals surface area contributed by atoms with Crippen molar-refractivity contribution in [2.24, 2.45) is 0 Å². The van der Waals surface area contributed by atoms with Crippen LogP contribution in [0.4, 0.5) is 14.6 Å². The Morgan fingerprint density at radius 3 is 2.36 bits per heavy atom. The Hall–Kier alpha value is -3.76. The first kappa shape index (κ1) is 29.8. The van der Waals surface area contributed by atoms with Crippen molar-refractivity contribution in [3.63, 3.8) is 0 Å². The van der Waals surface area contributed by atoms with Crippen molar-refractivity contribution in [3.05, 3.63) is 88.4 Å². The molecule has 39 heavy (non-hydrogen) atoms. The van der Waals surface area contributed by atoms with Gasteiger partial charge in [-0.25, -0.2) is 13.8 Å². The van der Waals surface area contributed by atoms with Crippen LogP contribution in [0.15, 0.2) is 48.7 Å². The van der Waals surface area contributed by atoms with Gasteiger partial charge in [0, 0.05) is 32.0 Å². The van der Waals surface area contributed by atoms with Crippen LogP contribution in [-0.2, 0) is 29.0 Å². The average molecular weight is 540 g/mol. The zero-order valence-electron chi connectivity index (χ0n) is 22.4. The molecular weight excluding hydrogens is 504 g/mol. The van der Waals surface area contributed by atoms with Crippen molar-refractivity contribution < 1.29 is 23.5 Å². The lowest BCUT2D eigenvalue weighted by Gasteiger charge is -2.25. The minimum atomic E-state index is -1.06. The van der Waals surface area contributed by atoms with Gasteiger partial charge < -0.3 is 21.1 Å². The molecule has 0 spiro atoms. The normalized spacial score (nSPS) is 12.6. The molecule has 0 fully saturated rings. The monoisotopic (exact) mass is 539 g/mol. The van der Waals surface area contributed by atoms with Gasteiger partial charge in [0.2, 0.25) is 11.8 Å². The molecule has 0 aliphatic rings. The largest absolute Gasteiger partial charge is 0.390 e. The van der Waals surface area contributed by atoms with Crippen LogP contribution >= 0.6 is 0 Å². The van der Waals surface area contributed by atoms with Crippen LogP contribution in [-0.4, -0.2) is 45.6 Å². The number of nitrogens with zero attached hydrogens (tertiary/aromatic N) is 2. The maximum atomic E-state index is 13.8. The second-order valence-corrected chi connectivity index (χ2v) is 9.52. The van der Waals surface area contributed by atoms with Crippen molar-refractivity contribution in [2.75, 3.05) is 11.9 Å². The summed E-state index contributed by atoms with van der Waals surface area (Å²) in [4.78, 5) is 33.5. The summed E-state index contributed by atoms with van der Waals surface area (Å²) in [7, 11) is 0. The highest BCUT2D eigenvalue weighted by atomic mass is 19.1. The van der Waals surface area contributed by atoms with Crippen molar-refractivity contribution in [2.45, 2.75) is 65.1 Å². The number of aliphatic hydroxyl groups excluding tert-OH is 1. The Kier molecular flexibility index (Phi) is 11.0. The number of benzene rings is 2. The number of anilines is 1. The summed E-state index contributed by atoms with van der Waals surface area (Å²) in [6, 6.07) is 10.3. The first-order valence-electron chi connectivity index (χ1n) is 12.9. The Morgan fingerprint density at radius 2 is 1.67 bits per heavy atom. The second kappa shape index (κ2) is 14.4. The zero-order chi connectivity index (χ0) is 28.4. The molecule has 0 radical (unpaired) electrons. The summed E-state index contributed by atoms with van der Waals surface area (Å²) in [6.07, 6.45) is 1.11. The van der Waals surface area contributed by atoms with Gasteiger partial charge in [0.05, 0.1) is 29.7 Å². The van der Waals surface area contributed by atoms with Crippen molar-refractivity contribution >= 4 is 17.6 Å². The van der Waals surface area contributed by atoms with E-state index in [1.807, 2.05) is 18.2 Å². The molecule has 208 valence electrons. The highest BCUT2D eigenvalue weighted by Gasteiger charge is 2.23. The first-order valence-corrected chi connectivity index (χ1v) is 12.9. The molecule has 0 unspecified atom stereocenters. The lowest BCUT2D eigenvalue weighted by atomic mass is 10.00. The van der Waals surface area contributed by atoms with Crippen LogP contribution in [0.3, 0.4) is 0 Å². The van der Waals surface area contributed by atoms with Gasteiger partial charge in [-0.15, -0.1) is 0 Å². The van der Waals surface area contributed by atoms with Crippen LogP contribution in [0.5, 0.6) is 0 Å². The molecule has 2 atom stereocenters. The van der Waals surface area contributed by atoms with Crippen molar-refractivity contribution in [1.82, 2.24) is 20.6 Å². The van der Waals surface area contributed by atoms with Crippen molar-refractivity contribution in [1.29, 1.82) is 0 Å². The van der Waals surface area contributed by atoms with Crippen LogP contribution < -0.4 is 16.0 Å². The van der Waals surface area contributed by atoms with Crippen LogP contribution in [0.2, 0.25) is 0 Å². The molecule has 3 rings (SSSR count). The van der Waals surface area contributed by atoms with E-state index in [0.29, 0.717) is 23.6 Å². The highest BCUT2D eigenvalue weighted by molar-refractivity contribution is 5.92. The van der Waals surface area contributed by atoms with E-state index in [2.05, 4.69) is 38.9 Å². The lowest BCUT2D eigenvalue weighted by molar-refractivity contribution is -0.125. The van der Waals surface area contributed by atoms with E-state index in [1.54, 1.807) is 13.8 Å². The van der Waals surface area contributed by atoms with Crippen molar-refractivity contribution in [3.8, 4) is 0 Å². The minimum absolute atomic E-state index is 0.00106. The number of halogens is 2. The molecule has 0 bridgehead atoms. The van der Waals surface area contributed by atoms with Gasteiger partial charge in [-0.05, 0) is 55.5 Å². The van der Waals surface area contributed by atoms with E-state index in [0.717, 1.165) is 35.9 Å². The number of aromatic nitrogens is 2. The molecule has 0 aliphatic heterocycles. The Labute approximate surface area is 227 Å². The van der Waals surface area contributed by atoms with E-state index in [-0.39, 0.29) is 25.8 Å². The van der Waals surface area contributed by atoms with Gasteiger partial charge in [0.15, 0.2) is 5.82 Å². The third kappa shape index (κ3) is 9.81. The Bertz CT molecular complexity index is 1270. The summed E-state index contributed by atoms with van der Waals surface area (Å²) in [5.74, 6) is -2.06. The number of amides is 2. The number of hydrogen-bond acceptors (Lipinski definition) is 6. The fraction of sp³-hybridized carbons (Fsp3) is 0.379. The minimum Gasteiger partial charge on any atom is -0.390 e. The second-order valence-electron chi connectivity index (χ2n) is 9.52. The SMILES string of the molecule is CCc1cccc(CNC[C@H](O)[C@H](Cc2cc(F)cc(F)c2)NC(=O)CCC(=O)Nc2ncc(C)nc2C)c1. The van der Waals surface area contributed by atoms with E-state index in [9.17, 15) is 23.5 Å². The molecular formula is C29H35F2N5O3. The van der Waals surface area contributed by atoms with Gasteiger partial charge >= 0.3 is 0 Å². The van der Waals surface area contributed by atoms with Gasteiger partial charge in [-0.2, -0.15) is 0 Å². The standard InChI is InChI=1S/C29H35F2N5O3/c1-4-20-6-5-7-21(10-20)16-32-17-26(37)25(13-22-11-23(30)14-24(31)12-22)35-27(38)8-9-28(39)36-29-19(3)34-18(2)15-33-29/h5-7,10-12,14-15,25-26,32,37H,4,8-9,13,16-17H2,1-3H3,(H,35,38)(H,33,36,39)/t25-,26-/m0/s1. The van der Waals surface area contributed by atoms with Gasteiger partial charge in [-0.3, -0.25) is 14.6 Å². The van der Waals surface area contributed by atoms with Gasteiger partial charge in [-0.1, -0.05) is 31.2 Å². The molecule has 0 saturated heterocycles. The number of aliphatic hydroxyl groups is 1. The third-order valence-electron chi connectivity index (χ3n) is 6.18. The molecule has 0 aliphatic carbocycles. The fourth-order valence-electron chi connectivity index (χ4n) is 4.15. The van der Waals surface area contributed by atoms with E-state index in [4.69, 9.17) is 0 Å². The van der Waals surface area contributed by atoms with E-state index < -0.39 is 35.6 Å². The number of nitrogens with one attached hydrogen (secondary N) is 3. The molecule has 0 saturated carbocycles. The first-order chi connectivity index (χ1) is 18.6. The summed E-state index contributed by atoms with van der Waals surface area (Å²) in [5, 5.41) is 19.4. The predicted octanol–water partition coefficient (Wildman–Crippen LogP) is 3.53. The molecule has 8 nitrogen and oxygen atoms in total. The van der Waals surface area contributed by atoms with Crippen LogP contribution in [0.25, 0.3) is 0 Å². The Morgan fingerprint density at radius 1 is 0.974 bits per heavy atom. The van der Waals surface area contributed by atoms with Gasteiger partial charge in [0.1, 0.15) is 11.6 Å². The molecule has 1 aromatic heterocycles. The molecule has 10 heteroatoms. The molecule has 2 amide bonds. The number of carbonyl (C=O) groups excluding carboxylic acids is 2. The molecule has 3 aromatic rings. The van der Waals surface area contributed by atoms with E-state index >= 15 is 0 Å². The molecule has 2 aromatic carbocycles. The molecule has 4 N–H and O–H groups in total. The van der Waals surface area contributed by atoms with Gasteiger partial charge in [0.25, 0.3) is 0 Å².